The Labute approximate surface area is 127 Å². The van der Waals surface area contributed by atoms with Gasteiger partial charge in [0.15, 0.2) is 0 Å². The molecule has 21 heavy (non-hydrogen) atoms. The van der Waals surface area contributed by atoms with Gasteiger partial charge in [0.1, 0.15) is 0 Å². The maximum atomic E-state index is 12.0. The van der Waals surface area contributed by atoms with E-state index in [0.29, 0.717) is 12.1 Å². The Morgan fingerprint density at radius 2 is 2.10 bits per heavy atom. The molecule has 0 aliphatic heterocycles. The highest BCUT2D eigenvalue weighted by atomic mass is 32.1. The Morgan fingerprint density at radius 3 is 2.76 bits per heavy atom. The Hall–Kier alpha value is -2.40. The summed E-state index contributed by atoms with van der Waals surface area (Å²) in [4.78, 5) is 17.2. The molecule has 4 nitrogen and oxygen atoms in total. The van der Waals surface area contributed by atoms with Crippen LogP contribution in [-0.2, 0) is 13.1 Å². The molecule has 3 rings (SSSR count). The molecular formula is C16H15N3OS. The zero-order chi connectivity index (χ0) is 14.5. The molecule has 1 amide bonds. The van der Waals surface area contributed by atoms with Gasteiger partial charge in [-0.3, -0.25) is 4.79 Å². The summed E-state index contributed by atoms with van der Waals surface area (Å²) in [6.07, 6.45) is 5.45. The summed E-state index contributed by atoms with van der Waals surface area (Å²) in [7, 11) is 0. The lowest BCUT2D eigenvalue weighted by Crippen LogP contribution is -2.22. The van der Waals surface area contributed by atoms with Gasteiger partial charge in [-0.25, -0.2) is 4.98 Å². The summed E-state index contributed by atoms with van der Waals surface area (Å²) in [5, 5.41) is 4.93. The first-order valence-corrected chi connectivity index (χ1v) is 7.54. The second-order valence-electron chi connectivity index (χ2n) is 4.69. The van der Waals surface area contributed by atoms with Crippen molar-refractivity contribution in [3.8, 4) is 0 Å². The van der Waals surface area contributed by atoms with Gasteiger partial charge in [-0.05, 0) is 29.1 Å². The molecule has 0 saturated carbocycles. The smallest absolute Gasteiger partial charge is 0.251 e. The summed E-state index contributed by atoms with van der Waals surface area (Å²) >= 11 is 1.64. The van der Waals surface area contributed by atoms with Crippen molar-refractivity contribution in [1.29, 1.82) is 0 Å². The van der Waals surface area contributed by atoms with Crippen LogP contribution in [0.1, 0.15) is 20.8 Å². The first-order valence-electron chi connectivity index (χ1n) is 6.66. The Bertz CT molecular complexity index is 688. The minimum atomic E-state index is -0.0439. The molecule has 0 atom stereocenters. The van der Waals surface area contributed by atoms with E-state index in [0.717, 1.165) is 17.0 Å². The number of rotatable bonds is 5. The van der Waals surface area contributed by atoms with Gasteiger partial charge < -0.3 is 9.88 Å². The summed E-state index contributed by atoms with van der Waals surface area (Å²) in [5.74, 6) is -0.0439. The van der Waals surface area contributed by atoms with Crippen molar-refractivity contribution in [2.75, 3.05) is 0 Å². The lowest BCUT2D eigenvalue weighted by Gasteiger charge is -2.06. The van der Waals surface area contributed by atoms with Crippen molar-refractivity contribution in [2.24, 2.45) is 0 Å². The first kappa shape index (κ1) is 13.6. The summed E-state index contributed by atoms with van der Waals surface area (Å²) < 4.78 is 1.99. The fourth-order valence-electron chi connectivity index (χ4n) is 2.04. The SMILES string of the molecule is O=C(NCc1cccs1)c1ccc(Cn2ccnc2)cc1. The molecule has 2 aromatic heterocycles. The molecule has 3 aromatic rings. The zero-order valence-electron chi connectivity index (χ0n) is 11.4. The van der Waals surface area contributed by atoms with Crippen LogP contribution in [0, 0.1) is 0 Å². The van der Waals surface area contributed by atoms with Crippen molar-refractivity contribution in [3.63, 3.8) is 0 Å². The van der Waals surface area contributed by atoms with E-state index in [1.165, 1.54) is 0 Å². The van der Waals surface area contributed by atoms with E-state index in [1.807, 2.05) is 52.5 Å². The number of aromatic nitrogens is 2. The normalized spacial score (nSPS) is 10.5. The van der Waals surface area contributed by atoms with Crippen LogP contribution in [0.5, 0.6) is 0 Å². The Kier molecular flexibility index (Phi) is 4.12. The number of nitrogens with one attached hydrogen (secondary N) is 1. The molecule has 0 radical (unpaired) electrons. The van der Waals surface area contributed by atoms with Crippen LogP contribution >= 0.6 is 11.3 Å². The minimum Gasteiger partial charge on any atom is -0.347 e. The fourth-order valence-corrected chi connectivity index (χ4v) is 2.68. The van der Waals surface area contributed by atoms with Crippen LogP contribution in [0.2, 0.25) is 0 Å². The molecule has 0 aliphatic rings. The largest absolute Gasteiger partial charge is 0.347 e. The molecule has 2 heterocycles. The van der Waals surface area contributed by atoms with E-state index >= 15 is 0 Å². The average molecular weight is 297 g/mol. The first-order chi connectivity index (χ1) is 10.3. The third-order valence-electron chi connectivity index (χ3n) is 3.14. The summed E-state index contributed by atoms with van der Waals surface area (Å²) in [5.41, 5.74) is 1.82. The van der Waals surface area contributed by atoms with Crippen LogP contribution in [0.3, 0.4) is 0 Å². The van der Waals surface area contributed by atoms with Crippen LogP contribution < -0.4 is 5.32 Å². The van der Waals surface area contributed by atoms with E-state index in [2.05, 4.69) is 10.3 Å². The zero-order valence-corrected chi connectivity index (χ0v) is 12.2. The van der Waals surface area contributed by atoms with Gasteiger partial charge in [0.2, 0.25) is 0 Å². The Morgan fingerprint density at radius 1 is 1.24 bits per heavy atom. The number of carbonyl (C=O) groups is 1. The number of imidazole rings is 1. The number of hydrogen-bond donors (Lipinski definition) is 1. The Balaban J connectivity index is 1.59. The highest BCUT2D eigenvalue weighted by Crippen LogP contribution is 2.09. The molecule has 0 spiro atoms. The van der Waals surface area contributed by atoms with Gasteiger partial charge in [-0.2, -0.15) is 0 Å². The van der Waals surface area contributed by atoms with Crippen molar-refractivity contribution in [1.82, 2.24) is 14.9 Å². The standard InChI is InChI=1S/C16H15N3OS/c20-16(18-10-15-2-1-9-21-15)14-5-3-13(4-6-14)11-19-8-7-17-12-19/h1-9,12H,10-11H2,(H,18,20). The predicted molar refractivity (Wildman–Crippen MR) is 83.3 cm³/mol. The van der Waals surface area contributed by atoms with Crippen LogP contribution in [0.15, 0.2) is 60.5 Å². The second-order valence-corrected chi connectivity index (χ2v) is 5.73. The maximum absolute atomic E-state index is 12.0. The van der Waals surface area contributed by atoms with Gasteiger partial charge >= 0.3 is 0 Å². The van der Waals surface area contributed by atoms with Crippen LogP contribution in [-0.4, -0.2) is 15.5 Å². The van der Waals surface area contributed by atoms with E-state index in [1.54, 1.807) is 23.9 Å². The van der Waals surface area contributed by atoms with Gasteiger partial charge in [0, 0.05) is 29.4 Å². The van der Waals surface area contributed by atoms with Crippen molar-refractivity contribution < 1.29 is 4.79 Å². The average Bonchev–Trinajstić information content (AvgIpc) is 3.19. The molecule has 1 aromatic carbocycles. The molecule has 1 N–H and O–H groups in total. The van der Waals surface area contributed by atoms with Crippen molar-refractivity contribution in [3.05, 3.63) is 76.5 Å². The number of benzene rings is 1. The number of carbonyl (C=O) groups excluding carboxylic acids is 1. The third kappa shape index (κ3) is 3.58. The highest BCUT2D eigenvalue weighted by Gasteiger charge is 2.05. The molecule has 5 heteroatoms. The van der Waals surface area contributed by atoms with E-state index < -0.39 is 0 Å². The molecule has 0 saturated heterocycles. The van der Waals surface area contributed by atoms with Crippen molar-refractivity contribution >= 4 is 17.2 Å². The fraction of sp³-hybridized carbons (Fsp3) is 0.125. The lowest BCUT2D eigenvalue weighted by molar-refractivity contribution is 0.0951. The summed E-state index contributed by atoms with van der Waals surface area (Å²) in [6, 6.07) is 11.7. The molecule has 0 bridgehead atoms. The summed E-state index contributed by atoms with van der Waals surface area (Å²) in [6.45, 7) is 1.34. The topological polar surface area (TPSA) is 46.9 Å². The van der Waals surface area contributed by atoms with Gasteiger partial charge in [-0.1, -0.05) is 18.2 Å². The maximum Gasteiger partial charge on any atom is 0.251 e. The molecular weight excluding hydrogens is 282 g/mol. The quantitative estimate of drug-likeness (QED) is 0.787. The third-order valence-corrected chi connectivity index (χ3v) is 4.02. The molecule has 0 fully saturated rings. The van der Waals surface area contributed by atoms with Crippen LogP contribution in [0.25, 0.3) is 0 Å². The monoisotopic (exact) mass is 297 g/mol. The molecule has 0 unspecified atom stereocenters. The second kappa shape index (κ2) is 6.37. The predicted octanol–water partition coefficient (Wildman–Crippen LogP) is 2.92. The minimum absolute atomic E-state index is 0.0439. The van der Waals surface area contributed by atoms with E-state index in [-0.39, 0.29) is 5.91 Å². The van der Waals surface area contributed by atoms with E-state index in [9.17, 15) is 4.79 Å². The molecule has 0 aliphatic carbocycles. The molecule has 106 valence electrons. The lowest BCUT2D eigenvalue weighted by atomic mass is 10.1. The number of amides is 1. The number of hydrogen-bond acceptors (Lipinski definition) is 3. The van der Waals surface area contributed by atoms with Crippen molar-refractivity contribution in [2.45, 2.75) is 13.1 Å². The van der Waals surface area contributed by atoms with Gasteiger partial charge in [0.05, 0.1) is 12.9 Å². The number of nitrogens with zero attached hydrogens (tertiary/aromatic N) is 2. The number of thiophene rings is 1. The van der Waals surface area contributed by atoms with Gasteiger partial charge in [-0.15, -0.1) is 11.3 Å². The van der Waals surface area contributed by atoms with Crippen LogP contribution in [0.4, 0.5) is 0 Å². The van der Waals surface area contributed by atoms with E-state index in [4.69, 9.17) is 0 Å². The highest BCUT2D eigenvalue weighted by molar-refractivity contribution is 7.09. The van der Waals surface area contributed by atoms with Gasteiger partial charge in [0.25, 0.3) is 5.91 Å².